The number of rotatable bonds is 2. The molecule has 1 saturated carbocycles. The van der Waals surface area contributed by atoms with Gasteiger partial charge in [-0.3, -0.25) is 4.90 Å². The van der Waals surface area contributed by atoms with Crippen molar-refractivity contribution in [2.75, 3.05) is 13.7 Å². The number of methoxy groups -OCH3 is 1. The SMILES string of the molecule is COC1CCN(C2CCCC(C)(C)C2O)C(C)C1. The van der Waals surface area contributed by atoms with Crippen molar-refractivity contribution in [3.8, 4) is 0 Å². The predicted molar refractivity (Wildman–Crippen MR) is 73.6 cm³/mol. The standard InChI is InChI=1S/C15H29NO2/c1-11-10-12(18-4)7-9-16(11)13-6-5-8-15(2,3)14(13)17/h11-14,17H,5-10H2,1-4H3. The van der Waals surface area contributed by atoms with Gasteiger partial charge < -0.3 is 9.84 Å². The molecule has 3 nitrogen and oxygen atoms in total. The lowest BCUT2D eigenvalue weighted by atomic mass is 9.71. The number of aliphatic hydroxyl groups excluding tert-OH is 1. The van der Waals surface area contributed by atoms with Gasteiger partial charge in [-0.25, -0.2) is 0 Å². The molecule has 1 saturated heterocycles. The van der Waals surface area contributed by atoms with E-state index in [1.165, 1.54) is 6.42 Å². The Labute approximate surface area is 112 Å². The Hall–Kier alpha value is -0.120. The molecular formula is C15H29NO2. The van der Waals surface area contributed by atoms with Crippen LogP contribution >= 0.6 is 0 Å². The topological polar surface area (TPSA) is 32.7 Å². The van der Waals surface area contributed by atoms with Gasteiger partial charge in [-0.05, 0) is 38.0 Å². The minimum absolute atomic E-state index is 0.0702. The largest absolute Gasteiger partial charge is 0.391 e. The van der Waals surface area contributed by atoms with Crippen molar-refractivity contribution in [2.24, 2.45) is 5.41 Å². The maximum Gasteiger partial charge on any atom is 0.0746 e. The molecule has 1 heterocycles. The van der Waals surface area contributed by atoms with Crippen LogP contribution in [0.5, 0.6) is 0 Å². The molecule has 0 aromatic carbocycles. The third-order valence-corrected chi connectivity index (χ3v) is 5.12. The number of hydrogen-bond donors (Lipinski definition) is 1. The highest BCUT2D eigenvalue weighted by Gasteiger charge is 2.42. The smallest absolute Gasteiger partial charge is 0.0746 e. The van der Waals surface area contributed by atoms with E-state index in [1.807, 2.05) is 7.11 Å². The summed E-state index contributed by atoms with van der Waals surface area (Å²) < 4.78 is 5.48. The van der Waals surface area contributed by atoms with E-state index >= 15 is 0 Å². The van der Waals surface area contributed by atoms with E-state index in [9.17, 15) is 5.11 Å². The molecule has 2 rings (SSSR count). The molecule has 0 amide bonds. The van der Waals surface area contributed by atoms with Crippen molar-refractivity contribution < 1.29 is 9.84 Å². The summed E-state index contributed by atoms with van der Waals surface area (Å²) in [6, 6.07) is 0.874. The van der Waals surface area contributed by atoms with E-state index in [2.05, 4.69) is 25.7 Å². The van der Waals surface area contributed by atoms with Crippen molar-refractivity contribution in [1.29, 1.82) is 0 Å². The maximum atomic E-state index is 10.6. The summed E-state index contributed by atoms with van der Waals surface area (Å²) in [7, 11) is 1.81. The van der Waals surface area contributed by atoms with Crippen molar-refractivity contribution in [3.63, 3.8) is 0 Å². The Morgan fingerprint density at radius 1 is 1.28 bits per heavy atom. The van der Waals surface area contributed by atoms with Crippen molar-refractivity contribution in [2.45, 2.75) is 77.2 Å². The van der Waals surface area contributed by atoms with Crippen molar-refractivity contribution >= 4 is 0 Å². The first kappa shape index (κ1) is 14.3. The van der Waals surface area contributed by atoms with Gasteiger partial charge >= 0.3 is 0 Å². The molecule has 0 radical (unpaired) electrons. The second-order valence-corrected chi connectivity index (χ2v) is 6.86. The van der Waals surface area contributed by atoms with Crippen molar-refractivity contribution in [3.05, 3.63) is 0 Å². The zero-order valence-corrected chi connectivity index (χ0v) is 12.4. The predicted octanol–water partition coefficient (Wildman–Crippen LogP) is 2.43. The van der Waals surface area contributed by atoms with Crippen LogP contribution in [0.4, 0.5) is 0 Å². The average molecular weight is 255 g/mol. The molecule has 2 fully saturated rings. The number of aliphatic hydroxyl groups is 1. The fraction of sp³-hybridized carbons (Fsp3) is 1.00. The van der Waals surface area contributed by atoms with Crippen LogP contribution in [0, 0.1) is 5.41 Å². The van der Waals surface area contributed by atoms with Gasteiger partial charge in [-0.15, -0.1) is 0 Å². The molecule has 1 aliphatic heterocycles. The molecule has 4 unspecified atom stereocenters. The van der Waals surface area contributed by atoms with E-state index in [0.717, 1.165) is 32.2 Å². The van der Waals surface area contributed by atoms with Gasteiger partial charge in [0.15, 0.2) is 0 Å². The van der Waals surface area contributed by atoms with E-state index in [1.54, 1.807) is 0 Å². The Kier molecular flexibility index (Phi) is 4.35. The van der Waals surface area contributed by atoms with Gasteiger partial charge in [0.25, 0.3) is 0 Å². The molecule has 1 aliphatic carbocycles. The van der Waals surface area contributed by atoms with Gasteiger partial charge in [-0.2, -0.15) is 0 Å². The monoisotopic (exact) mass is 255 g/mol. The molecule has 18 heavy (non-hydrogen) atoms. The lowest BCUT2D eigenvalue weighted by Gasteiger charge is -2.49. The minimum atomic E-state index is -0.187. The first-order chi connectivity index (χ1) is 8.45. The van der Waals surface area contributed by atoms with Gasteiger partial charge in [0.1, 0.15) is 0 Å². The van der Waals surface area contributed by atoms with Crippen molar-refractivity contribution in [1.82, 2.24) is 4.90 Å². The molecule has 0 aromatic rings. The fourth-order valence-electron chi connectivity index (χ4n) is 3.79. The molecule has 0 aromatic heterocycles. The lowest BCUT2D eigenvalue weighted by molar-refractivity contribution is -0.0889. The normalized spacial score (nSPS) is 41.8. The number of piperidine rings is 1. The van der Waals surface area contributed by atoms with Crippen LogP contribution in [0.15, 0.2) is 0 Å². The number of hydrogen-bond acceptors (Lipinski definition) is 3. The lowest BCUT2D eigenvalue weighted by Crippen LogP contribution is -2.57. The van der Waals surface area contributed by atoms with Crippen LogP contribution in [0.3, 0.4) is 0 Å². The number of likely N-dealkylation sites (tertiary alicyclic amines) is 1. The van der Waals surface area contributed by atoms with Crippen LogP contribution in [0.25, 0.3) is 0 Å². The summed E-state index contributed by atoms with van der Waals surface area (Å²) in [5.41, 5.74) is 0.0702. The number of ether oxygens (including phenoxy) is 1. The van der Waals surface area contributed by atoms with Gasteiger partial charge in [0, 0.05) is 25.7 Å². The molecule has 0 bridgehead atoms. The maximum absolute atomic E-state index is 10.6. The molecule has 2 aliphatic rings. The van der Waals surface area contributed by atoms with Crippen LogP contribution < -0.4 is 0 Å². The Morgan fingerprint density at radius 2 is 2.00 bits per heavy atom. The van der Waals surface area contributed by atoms with Crippen LogP contribution in [0.1, 0.15) is 52.9 Å². The number of nitrogens with zero attached hydrogens (tertiary/aromatic N) is 1. The zero-order chi connectivity index (χ0) is 13.3. The Balaban J connectivity index is 2.03. The minimum Gasteiger partial charge on any atom is -0.391 e. The summed E-state index contributed by atoms with van der Waals surface area (Å²) in [5, 5.41) is 10.6. The molecule has 4 atom stereocenters. The second-order valence-electron chi connectivity index (χ2n) is 6.86. The highest BCUT2D eigenvalue weighted by atomic mass is 16.5. The Morgan fingerprint density at radius 3 is 2.61 bits per heavy atom. The first-order valence-corrected chi connectivity index (χ1v) is 7.42. The highest BCUT2D eigenvalue weighted by Crippen LogP contribution is 2.39. The second kappa shape index (κ2) is 5.48. The van der Waals surface area contributed by atoms with E-state index in [4.69, 9.17) is 4.74 Å². The quantitative estimate of drug-likeness (QED) is 0.822. The summed E-state index contributed by atoms with van der Waals surface area (Å²) in [4.78, 5) is 2.53. The van der Waals surface area contributed by atoms with E-state index in [0.29, 0.717) is 18.2 Å². The highest BCUT2D eigenvalue weighted by molar-refractivity contribution is 4.96. The third-order valence-electron chi connectivity index (χ3n) is 5.12. The van der Waals surface area contributed by atoms with Gasteiger partial charge in [0.2, 0.25) is 0 Å². The zero-order valence-electron chi connectivity index (χ0n) is 12.4. The van der Waals surface area contributed by atoms with E-state index < -0.39 is 0 Å². The van der Waals surface area contributed by atoms with Crippen LogP contribution in [-0.4, -0.2) is 48.0 Å². The summed E-state index contributed by atoms with van der Waals surface area (Å²) >= 11 is 0. The first-order valence-electron chi connectivity index (χ1n) is 7.42. The van der Waals surface area contributed by atoms with Crippen LogP contribution in [0.2, 0.25) is 0 Å². The summed E-state index contributed by atoms with van der Waals surface area (Å²) in [5.74, 6) is 0. The summed E-state index contributed by atoms with van der Waals surface area (Å²) in [6.07, 6.45) is 5.95. The Bertz CT molecular complexity index is 280. The summed E-state index contributed by atoms with van der Waals surface area (Å²) in [6.45, 7) is 7.75. The molecule has 3 heteroatoms. The fourth-order valence-corrected chi connectivity index (χ4v) is 3.79. The molecule has 0 spiro atoms. The third kappa shape index (κ3) is 2.73. The molecular weight excluding hydrogens is 226 g/mol. The average Bonchev–Trinajstić information content (AvgIpc) is 2.33. The van der Waals surface area contributed by atoms with Crippen LogP contribution in [-0.2, 0) is 4.74 Å². The molecule has 106 valence electrons. The molecule has 1 N–H and O–H groups in total. The van der Waals surface area contributed by atoms with Gasteiger partial charge in [0.05, 0.1) is 12.2 Å². The van der Waals surface area contributed by atoms with E-state index in [-0.39, 0.29) is 11.5 Å². The van der Waals surface area contributed by atoms with Gasteiger partial charge in [-0.1, -0.05) is 20.3 Å².